The summed E-state index contributed by atoms with van der Waals surface area (Å²) >= 11 is 0. The van der Waals surface area contributed by atoms with Gasteiger partial charge in [-0.15, -0.1) is 0 Å². The molecule has 0 nitrogen and oxygen atoms in total. The minimum absolute atomic E-state index is 0.928. The molecule has 0 aromatic rings. The van der Waals surface area contributed by atoms with E-state index < -0.39 is 0 Å². The van der Waals surface area contributed by atoms with Gasteiger partial charge < -0.3 is 0 Å². The molecule has 0 aliphatic heterocycles. The first-order valence-corrected chi connectivity index (χ1v) is 5.11. The Hall–Kier alpha value is -0.520. The molecular weight excluding hydrogens is 144 g/mol. The first-order chi connectivity index (χ1) is 5.75. The third-order valence-corrected chi connectivity index (χ3v) is 4.13. The lowest BCUT2D eigenvalue weighted by atomic mass is 9.82. The topological polar surface area (TPSA) is 0 Å². The fraction of sp³-hybridized carbons (Fsp3) is 0.667. The van der Waals surface area contributed by atoms with Gasteiger partial charge >= 0.3 is 0 Å². The Balaban J connectivity index is 2.00. The first kappa shape index (κ1) is 6.94. The summed E-state index contributed by atoms with van der Waals surface area (Å²) in [6.07, 6.45) is 7.94. The number of allylic oxidation sites excluding steroid dienone is 4. The summed E-state index contributed by atoms with van der Waals surface area (Å²) in [5.74, 6) is 3.80. The molecule has 3 aliphatic rings. The molecular formula is C12H16. The van der Waals surface area contributed by atoms with Gasteiger partial charge in [0.25, 0.3) is 0 Å². The molecule has 3 aliphatic carbocycles. The van der Waals surface area contributed by atoms with Crippen LogP contribution >= 0.6 is 0 Å². The van der Waals surface area contributed by atoms with Crippen molar-refractivity contribution in [2.24, 2.45) is 23.7 Å². The average Bonchev–Trinajstić information content (AvgIpc) is 2.57. The van der Waals surface area contributed by atoms with Gasteiger partial charge in [0.1, 0.15) is 0 Å². The van der Waals surface area contributed by atoms with E-state index in [9.17, 15) is 0 Å². The van der Waals surface area contributed by atoms with Crippen LogP contribution in [0.1, 0.15) is 26.7 Å². The van der Waals surface area contributed by atoms with Gasteiger partial charge in [-0.25, -0.2) is 0 Å². The molecule has 0 radical (unpaired) electrons. The van der Waals surface area contributed by atoms with Gasteiger partial charge in [0.05, 0.1) is 0 Å². The van der Waals surface area contributed by atoms with Crippen LogP contribution in [-0.4, -0.2) is 0 Å². The zero-order chi connectivity index (χ0) is 8.29. The molecule has 64 valence electrons. The van der Waals surface area contributed by atoms with E-state index in [2.05, 4.69) is 26.0 Å². The summed E-state index contributed by atoms with van der Waals surface area (Å²) in [7, 11) is 0. The second-order valence-corrected chi connectivity index (χ2v) is 4.88. The Kier molecular flexibility index (Phi) is 1.18. The minimum Gasteiger partial charge on any atom is -0.0819 e. The Morgan fingerprint density at radius 2 is 2.08 bits per heavy atom. The Morgan fingerprint density at radius 3 is 2.92 bits per heavy atom. The van der Waals surface area contributed by atoms with Gasteiger partial charge in [-0.05, 0) is 50.4 Å². The monoisotopic (exact) mass is 160 g/mol. The van der Waals surface area contributed by atoms with Crippen molar-refractivity contribution in [3.63, 3.8) is 0 Å². The maximum atomic E-state index is 2.55. The highest BCUT2D eigenvalue weighted by Gasteiger charge is 2.47. The molecule has 0 saturated heterocycles. The second-order valence-electron chi connectivity index (χ2n) is 4.88. The number of rotatable bonds is 0. The molecule has 0 spiro atoms. The maximum Gasteiger partial charge on any atom is -0.0128 e. The van der Waals surface area contributed by atoms with E-state index in [4.69, 9.17) is 0 Å². The van der Waals surface area contributed by atoms with Crippen molar-refractivity contribution in [2.45, 2.75) is 26.7 Å². The number of fused-ring (bicyclic) bond motifs is 5. The highest BCUT2D eigenvalue weighted by Crippen LogP contribution is 2.56. The second kappa shape index (κ2) is 2.04. The molecule has 2 bridgehead atoms. The molecule has 0 aromatic heterocycles. The molecule has 0 amide bonds. The quantitative estimate of drug-likeness (QED) is 0.477. The van der Waals surface area contributed by atoms with Crippen molar-refractivity contribution in [2.75, 3.05) is 0 Å². The van der Waals surface area contributed by atoms with Crippen molar-refractivity contribution in [1.82, 2.24) is 0 Å². The lowest BCUT2D eigenvalue weighted by Gasteiger charge is -2.22. The van der Waals surface area contributed by atoms with Crippen molar-refractivity contribution in [3.05, 3.63) is 23.3 Å². The molecule has 0 unspecified atom stereocenters. The van der Waals surface area contributed by atoms with Crippen LogP contribution in [0, 0.1) is 23.7 Å². The average molecular weight is 160 g/mol. The normalized spacial score (nSPS) is 49.2. The van der Waals surface area contributed by atoms with Gasteiger partial charge in [0.2, 0.25) is 0 Å². The molecule has 0 aromatic carbocycles. The Morgan fingerprint density at radius 1 is 1.25 bits per heavy atom. The van der Waals surface area contributed by atoms with Crippen molar-refractivity contribution in [3.8, 4) is 0 Å². The largest absolute Gasteiger partial charge is 0.0819 e. The minimum atomic E-state index is 0.928. The summed E-state index contributed by atoms with van der Waals surface area (Å²) in [5, 5.41) is 0. The highest BCUT2D eigenvalue weighted by atomic mass is 14.5. The Labute approximate surface area is 74.4 Å². The smallest absolute Gasteiger partial charge is 0.0128 e. The molecule has 12 heavy (non-hydrogen) atoms. The predicted octanol–water partition coefficient (Wildman–Crippen LogP) is 3.16. The van der Waals surface area contributed by atoms with E-state index in [0.29, 0.717) is 0 Å². The van der Waals surface area contributed by atoms with Gasteiger partial charge in [0, 0.05) is 0 Å². The molecule has 0 N–H and O–H groups in total. The molecule has 0 heteroatoms. The van der Waals surface area contributed by atoms with E-state index in [1.54, 1.807) is 11.1 Å². The third kappa shape index (κ3) is 0.688. The van der Waals surface area contributed by atoms with Crippen molar-refractivity contribution in [1.29, 1.82) is 0 Å². The summed E-state index contributed by atoms with van der Waals surface area (Å²) in [4.78, 5) is 0. The summed E-state index contributed by atoms with van der Waals surface area (Å²) in [6, 6.07) is 0. The van der Waals surface area contributed by atoms with Gasteiger partial charge in [-0.3, -0.25) is 0 Å². The summed E-state index contributed by atoms with van der Waals surface area (Å²) < 4.78 is 0. The van der Waals surface area contributed by atoms with E-state index in [0.717, 1.165) is 23.7 Å². The molecule has 1 saturated carbocycles. The van der Waals surface area contributed by atoms with E-state index in [-0.39, 0.29) is 0 Å². The zero-order valence-electron chi connectivity index (χ0n) is 7.88. The van der Waals surface area contributed by atoms with Gasteiger partial charge in [-0.2, -0.15) is 0 Å². The van der Waals surface area contributed by atoms with Crippen LogP contribution in [-0.2, 0) is 0 Å². The van der Waals surface area contributed by atoms with E-state index in [1.165, 1.54) is 12.8 Å². The van der Waals surface area contributed by atoms with Crippen LogP contribution in [0.5, 0.6) is 0 Å². The Bertz CT molecular complexity index is 282. The standard InChI is InChI=1S/C12H16/c1-7-3-11-9-5-8(2)10(6-9)12(11)4-7/h4-5,9-12H,3,6H2,1-2H3/t9-,10+,11-,12-/m0/s1. The number of hydrogen-bond donors (Lipinski definition) is 0. The van der Waals surface area contributed by atoms with Crippen LogP contribution in [0.4, 0.5) is 0 Å². The fourth-order valence-corrected chi connectivity index (χ4v) is 3.65. The van der Waals surface area contributed by atoms with Crippen LogP contribution < -0.4 is 0 Å². The zero-order valence-corrected chi connectivity index (χ0v) is 7.88. The predicted molar refractivity (Wildman–Crippen MR) is 50.7 cm³/mol. The van der Waals surface area contributed by atoms with E-state index in [1.807, 2.05) is 0 Å². The van der Waals surface area contributed by atoms with Crippen molar-refractivity contribution < 1.29 is 0 Å². The maximum absolute atomic E-state index is 2.55. The lowest BCUT2D eigenvalue weighted by Crippen LogP contribution is -2.15. The third-order valence-electron chi connectivity index (χ3n) is 4.13. The van der Waals surface area contributed by atoms with Crippen LogP contribution in [0.3, 0.4) is 0 Å². The molecule has 3 rings (SSSR count). The highest BCUT2D eigenvalue weighted by molar-refractivity contribution is 5.29. The molecule has 1 fully saturated rings. The molecule has 0 heterocycles. The van der Waals surface area contributed by atoms with Gasteiger partial charge in [0.15, 0.2) is 0 Å². The van der Waals surface area contributed by atoms with Crippen LogP contribution in [0.15, 0.2) is 23.3 Å². The molecule has 4 atom stereocenters. The first-order valence-electron chi connectivity index (χ1n) is 5.11. The van der Waals surface area contributed by atoms with Gasteiger partial charge in [-0.1, -0.05) is 23.3 Å². The van der Waals surface area contributed by atoms with E-state index >= 15 is 0 Å². The van der Waals surface area contributed by atoms with Crippen molar-refractivity contribution >= 4 is 0 Å². The van der Waals surface area contributed by atoms with Crippen LogP contribution in [0.2, 0.25) is 0 Å². The SMILES string of the molecule is CC1=C[C@@H]2[C@@H](C1)[C@H]1C=C(C)[C@H]2C1. The fourth-order valence-electron chi connectivity index (χ4n) is 3.65. The number of hydrogen-bond acceptors (Lipinski definition) is 0. The summed E-state index contributed by atoms with van der Waals surface area (Å²) in [6.45, 7) is 4.62. The lowest BCUT2D eigenvalue weighted by molar-refractivity contribution is 0.386. The van der Waals surface area contributed by atoms with Crippen LogP contribution in [0.25, 0.3) is 0 Å². The summed E-state index contributed by atoms with van der Waals surface area (Å²) in [5.41, 5.74) is 3.31.